The first-order valence-electron chi connectivity index (χ1n) is 6.26. The Kier molecular flexibility index (Phi) is 3.57. The standard InChI is InChI=1S/C14H20N2O2/c1-5-12-11(6-7-17-12)13-16-10(9-18-13)8-15-14(2,3)4/h6-7,9,15H,5,8H2,1-4H3. The number of aryl methyl sites for hydroxylation is 1. The highest BCUT2D eigenvalue weighted by Gasteiger charge is 2.14. The van der Waals surface area contributed by atoms with E-state index in [0.717, 1.165) is 23.4 Å². The van der Waals surface area contributed by atoms with Gasteiger partial charge < -0.3 is 14.2 Å². The fourth-order valence-corrected chi connectivity index (χ4v) is 1.67. The summed E-state index contributed by atoms with van der Waals surface area (Å²) in [4.78, 5) is 4.48. The lowest BCUT2D eigenvalue weighted by molar-refractivity contribution is 0.421. The van der Waals surface area contributed by atoms with Crippen LogP contribution in [0.25, 0.3) is 11.5 Å². The molecule has 2 rings (SSSR count). The van der Waals surface area contributed by atoms with Crippen molar-refractivity contribution in [3.63, 3.8) is 0 Å². The summed E-state index contributed by atoms with van der Waals surface area (Å²) in [7, 11) is 0. The highest BCUT2D eigenvalue weighted by molar-refractivity contribution is 5.55. The first-order chi connectivity index (χ1) is 8.49. The van der Waals surface area contributed by atoms with E-state index in [0.29, 0.717) is 12.4 Å². The molecule has 0 saturated heterocycles. The van der Waals surface area contributed by atoms with Gasteiger partial charge in [0.15, 0.2) is 0 Å². The van der Waals surface area contributed by atoms with Crippen molar-refractivity contribution in [1.82, 2.24) is 10.3 Å². The van der Waals surface area contributed by atoms with Crippen molar-refractivity contribution >= 4 is 0 Å². The molecule has 0 atom stereocenters. The first-order valence-corrected chi connectivity index (χ1v) is 6.26. The predicted molar refractivity (Wildman–Crippen MR) is 70.2 cm³/mol. The van der Waals surface area contributed by atoms with Gasteiger partial charge in [0.2, 0.25) is 5.89 Å². The van der Waals surface area contributed by atoms with Gasteiger partial charge in [-0.25, -0.2) is 4.98 Å². The van der Waals surface area contributed by atoms with E-state index in [1.807, 2.05) is 13.0 Å². The van der Waals surface area contributed by atoms with Gasteiger partial charge in [-0.2, -0.15) is 0 Å². The van der Waals surface area contributed by atoms with E-state index in [-0.39, 0.29) is 5.54 Å². The van der Waals surface area contributed by atoms with Crippen molar-refractivity contribution in [3.05, 3.63) is 30.0 Å². The smallest absolute Gasteiger partial charge is 0.229 e. The molecular weight excluding hydrogens is 228 g/mol. The molecule has 2 heterocycles. The zero-order valence-electron chi connectivity index (χ0n) is 11.4. The molecule has 0 spiro atoms. The van der Waals surface area contributed by atoms with E-state index in [9.17, 15) is 0 Å². The van der Waals surface area contributed by atoms with E-state index in [2.05, 4.69) is 31.1 Å². The lowest BCUT2D eigenvalue weighted by Crippen LogP contribution is -2.35. The van der Waals surface area contributed by atoms with Crippen LogP contribution in [0.4, 0.5) is 0 Å². The highest BCUT2D eigenvalue weighted by atomic mass is 16.4. The van der Waals surface area contributed by atoms with Crippen molar-refractivity contribution in [3.8, 4) is 11.5 Å². The average molecular weight is 248 g/mol. The Bertz CT molecular complexity index is 506. The Morgan fingerprint density at radius 1 is 1.28 bits per heavy atom. The number of nitrogens with zero attached hydrogens (tertiary/aromatic N) is 1. The second-order valence-electron chi connectivity index (χ2n) is 5.36. The van der Waals surface area contributed by atoms with Gasteiger partial charge in [0.05, 0.1) is 17.5 Å². The average Bonchev–Trinajstić information content (AvgIpc) is 2.93. The molecule has 0 aliphatic carbocycles. The van der Waals surface area contributed by atoms with Gasteiger partial charge in [-0.3, -0.25) is 0 Å². The SMILES string of the molecule is CCc1occc1-c1nc(CNC(C)(C)C)co1. The van der Waals surface area contributed by atoms with Crippen molar-refractivity contribution in [2.75, 3.05) is 0 Å². The Labute approximate surface area is 107 Å². The van der Waals surface area contributed by atoms with Crippen molar-refractivity contribution in [2.24, 2.45) is 0 Å². The molecule has 1 N–H and O–H groups in total. The molecule has 0 amide bonds. The number of rotatable bonds is 4. The summed E-state index contributed by atoms with van der Waals surface area (Å²) in [5.74, 6) is 1.54. The van der Waals surface area contributed by atoms with Crippen LogP contribution in [-0.4, -0.2) is 10.5 Å². The maximum atomic E-state index is 5.51. The topological polar surface area (TPSA) is 51.2 Å². The van der Waals surface area contributed by atoms with Gasteiger partial charge in [0.25, 0.3) is 0 Å². The van der Waals surface area contributed by atoms with Gasteiger partial charge in [0, 0.05) is 18.5 Å². The number of hydrogen-bond donors (Lipinski definition) is 1. The van der Waals surface area contributed by atoms with Crippen LogP contribution in [0, 0.1) is 0 Å². The first kappa shape index (κ1) is 12.9. The number of oxazole rings is 1. The van der Waals surface area contributed by atoms with Crippen LogP contribution in [0.3, 0.4) is 0 Å². The van der Waals surface area contributed by atoms with Gasteiger partial charge >= 0.3 is 0 Å². The summed E-state index contributed by atoms with van der Waals surface area (Å²) in [6.45, 7) is 9.12. The van der Waals surface area contributed by atoms with E-state index >= 15 is 0 Å². The molecule has 0 aliphatic rings. The quantitative estimate of drug-likeness (QED) is 0.901. The molecule has 0 unspecified atom stereocenters. The minimum Gasteiger partial charge on any atom is -0.469 e. The molecule has 0 aliphatic heterocycles. The van der Waals surface area contributed by atoms with E-state index in [4.69, 9.17) is 8.83 Å². The molecule has 2 aromatic rings. The van der Waals surface area contributed by atoms with Crippen LogP contribution in [0.2, 0.25) is 0 Å². The summed E-state index contributed by atoms with van der Waals surface area (Å²) in [5.41, 5.74) is 1.92. The number of hydrogen-bond acceptors (Lipinski definition) is 4. The molecular formula is C14H20N2O2. The van der Waals surface area contributed by atoms with Crippen LogP contribution < -0.4 is 5.32 Å². The van der Waals surface area contributed by atoms with E-state index in [1.165, 1.54) is 0 Å². The van der Waals surface area contributed by atoms with Crippen LogP contribution in [0.15, 0.2) is 27.4 Å². The van der Waals surface area contributed by atoms with Crippen LogP contribution in [-0.2, 0) is 13.0 Å². The van der Waals surface area contributed by atoms with Crippen LogP contribution in [0.5, 0.6) is 0 Å². The molecule has 0 radical (unpaired) electrons. The van der Waals surface area contributed by atoms with Gasteiger partial charge in [-0.15, -0.1) is 0 Å². The van der Waals surface area contributed by atoms with E-state index < -0.39 is 0 Å². The van der Waals surface area contributed by atoms with Crippen molar-refractivity contribution in [1.29, 1.82) is 0 Å². The maximum Gasteiger partial charge on any atom is 0.229 e. The van der Waals surface area contributed by atoms with Crippen LogP contribution in [0.1, 0.15) is 39.1 Å². The summed E-state index contributed by atoms with van der Waals surface area (Å²) in [6, 6.07) is 1.89. The normalized spacial score (nSPS) is 12.0. The summed E-state index contributed by atoms with van der Waals surface area (Å²) in [5, 5.41) is 3.38. The second-order valence-corrected chi connectivity index (χ2v) is 5.36. The molecule has 2 aromatic heterocycles. The largest absolute Gasteiger partial charge is 0.469 e. The summed E-state index contributed by atoms with van der Waals surface area (Å²) >= 11 is 0. The molecule has 4 heteroatoms. The zero-order valence-corrected chi connectivity index (χ0v) is 11.4. The lowest BCUT2D eigenvalue weighted by Gasteiger charge is -2.19. The summed E-state index contributed by atoms with van der Waals surface area (Å²) < 4.78 is 10.9. The molecule has 0 fully saturated rings. The van der Waals surface area contributed by atoms with Crippen molar-refractivity contribution < 1.29 is 8.83 Å². The highest BCUT2D eigenvalue weighted by Crippen LogP contribution is 2.24. The van der Waals surface area contributed by atoms with Gasteiger partial charge in [-0.05, 0) is 26.8 Å². The Morgan fingerprint density at radius 3 is 2.72 bits per heavy atom. The maximum absolute atomic E-state index is 5.51. The monoisotopic (exact) mass is 248 g/mol. The lowest BCUT2D eigenvalue weighted by atomic mass is 10.1. The molecule has 98 valence electrons. The molecule has 0 aromatic carbocycles. The number of furan rings is 1. The fourth-order valence-electron chi connectivity index (χ4n) is 1.67. The Morgan fingerprint density at radius 2 is 2.06 bits per heavy atom. The van der Waals surface area contributed by atoms with Crippen LogP contribution >= 0.6 is 0 Å². The van der Waals surface area contributed by atoms with Crippen molar-refractivity contribution in [2.45, 2.75) is 46.2 Å². The molecule has 18 heavy (non-hydrogen) atoms. The second kappa shape index (κ2) is 4.98. The fraction of sp³-hybridized carbons (Fsp3) is 0.500. The third-order valence-corrected chi connectivity index (χ3v) is 2.65. The molecule has 0 bridgehead atoms. The minimum absolute atomic E-state index is 0.0728. The third kappa shape index (κ3) is 3.01. The number of aromatic nitrogens is 1. The summed E-state index contributed by atoms with van der Waals surface area (Å²) in [6.07, 6.45) is 4.20. The van der Waals surface area contributed by atoms with Gasteiger partial charge in [0.1, 0.15) is 12.0 Å². The predicted octanol–water partition coefficient (Wildman–Crippen LogP) is 3.39. The Balaban J connectivity index is 2.11. The zero-order chi connectivity index (χ0) is 13.2. The molecule has 0 saturated carbocycles. The van der Waals surface area contributed by atoms with E-state index in [1.54, 1.807) is 12.5 Å². The Hall–Kier alpha value is -1.55. The third-order valence-electron chi connectivity index (χ3n) is 2.65. The molecule has 4 nitrogen and oxygen atoms in total. The minimum atomic E-state index is 0.0728. The van der Waals surface area contributed by atoms with Gasteiger partial charge in [-0.1, -0.05) is 6.92 Å². The number of nitrogens with one attached hydrogen (secondary N) is 1.